The molecule has 9 nitrogen and oxygen atoms in total. The van der Waals surface area contributed by atoms with E-state index in [9.17, 15) is 9.18 Å². The molecule has 0 radical (unpaired) electrons. The molecular formula is C26H19FN4O5. The lowest BCUT2D eigenvalue weighted by molar-refractivity contribution is 0.0981. The Bertz CT molecular complexity index is 1540. The van der Waals surface area contributed by atoms with Crippen molar-refractivity contribution in [3.8, 4) is 34.4 Å². The summed E-state index contributed by atoms with van der Waals surface area (Å²) in [6.07, 6.45) is 1.64. The second-order valence-electron chi connectivity index (χ2n) is 7.54. The quantitative estimate of drug-likeness (QED) is 0.322. The fraction of sp³-hybridized carbons (Fsp3) is 0.0769. The summed E-state index contributed by atoms with van der Waals surface area (Å²) in [6, 6.07) is 17.6. The molecule has 5 aromatic rings. The van der Waals surface area contributed by atoms with Crippen LogP contribution in [0.4, 0.5) is 10.1 Å². The van der Waals surface area contributed by atoms with Crippen LogP contribution in [0.3, 0.4) is 0 Å². The first-order chi connectivity index (χ1) is 17.5. The predicted octanol–water partition coefficient (Wildman–Crippen LogP) is 5.49. The van der Waals surface area contributed by atoms with Crippen molar-refractivity contribution in [2.75, 3.05) is 19.5 Å². The largest absolute Gasteiger partial charge is 0.493 e. The molecule has 3 aromatic carbocycles. The maximum Gasteiger partial charge on any atom is 0.316 e. The van der Waals surface area contributed by atoms with E-state index in [1.807, 2.05) is 0 Å². The molecule has 2 heterocycles. The summed E-state index contributed by atoms with van der Waals surface area (Å²) in [5.41, 5.74) is 1.72. The van der Waals surface area contributed by atoms with Crippen LogP contribution < -0.4 is 19.5 Å². The third kappa shape index (κ3) is 4.64. The summed E-state index contributed by atoms with van der Waals surface area (Å²) in [5, 5.41) is 7.22. The Morgan fingerprint density at radius 3 is 2.36 bits per heavy atom. The van der Waals surface area contributed by atoms with E-state index in [4.69, 9.17) is 18.7 Å². The number of fused-ring (bicyclic) bond motifs is 1. The summed E-state index contributed by atoms with van der Waals surface area (Å²) >= 11 is 0. The van der Waals surface area contributed by atoms with Crippen LogP contribution >= 0.6 is 0 Å². The van der Waals surface area contributed by atoms with Gasteiger partial charge in [-0.25, -0.2) is 4.39 Å². The van der Waals surface area contributed by atoms with Crippen LogP contribution in [0.1, 0.15) is 10.7 Å². The molecule has 0 spiro atoms. The maximum absolute atomic E-state index is 13.1. The number of pyridine rings is 1. The third-order valence-corrected chi connectivity index (χ3v) is 5.27. The van der Waals surface area contributed by atoms with Crippen LogP contribution in [-0.2, 0) is 0 Å². The number of nitrogens with one attached hydrogen (secondary N) is 1. The Balaban J connectivity index is 1.30. The second-order valence-corrected chi connectivity index (χ2v) is 7.54. The van der Waals surface area contributed by atoms with Gasteiger partial charge in [0, 0.05) is 28.9 Å². The van der Waals surface area contributed by atoms with E-state index in [-0.39, 0.29) is 17.5 Å². The molecule has 10 heteroatoms. The summed E-state index contributed by atoms with van der Waals surface area (Å²) in [4.78, 5) is 21.0. The number of anilines is 1. The summed E-state index contributed by atoms with van der Waals surface area (Å²) in [5.74, 6) is 1.26. The van der Waals surface area contributed by atoms with Crippen LogP contribution in [-0.4, -0.2) is 35.3 Å². The van der Waals surface area contributed by atoms with Gasteiger partial charge in [-0.3, -0.25) is 9.78 Å². The molecule has 2 aromatic heterocycles. The van der Waals surface area contributed by atoms with Crippen molar-refractivity contribution >= 4 is 22.5 Å². The molecule has 0 saturated heterocycles. The van der Waals surface area contributed by atoms with E-state index in [2.05, 4.69) is 20.4 Å². The number of nitrogens with zero attached hydrogens (tertiary/aromatic N) is 3. The highest BCUT2D eigenvalue weighted by Crippen LogP contribution is 2.37. The van der Waals surface area contributed by atoms with Crippen LogP contribution in [0.2, 0.25) is 0 Å². The lowest BCUT2D eigenvalue weighted by Crippen LogP contribution is -2.12. The molecule has 180 valence electrons. The van der Waals surface area contributed by atoms with Crippen molar-refractivity contribution in [2.45, 2.75) is 0 Å². The summed E-state index contributed by atoms with van der Waals surface area (Å²) < 4.78 is 34.9. The molecule has 5 rings (SSSR count). The van der Waals surface area contributed by atoms with Gasteiger partial charge < -0.3 is 24.1 Å². The lowest BCUT2D eigenvalue weighted by Gasteiger charge is -2.12. The summed E-state index contributed by atoms with van der Waals surface area (Å²) in [6.45, 7) is 0. The topological polar surface area (TPSA) is 109 Å². The minimum atomic E-state index is -0.578. The average Bonchev–Trinajstić information content (AvgIpc) is 3.40. The number of amides is 1. The number of rotatable bonds is 7. The van der Waals surface area contributed by atoms with Gasteiger partial charge in [0.15, 0.2) is 11.5 Å². The fourth-order valence-corrected chi connectivity index (χ4v) is 3.49. The van der Waals surface area contributed by atoms with Gasteiger partial charge in [-0.1, -0.05) is 5.16 Å². The highest BCUT2D eigenvalue weighted by molar-refractivity contribution is 6.01. The van der Waals surface area contributed by atoms with E-state index in [0.717, 1.165) is 5.39 Å². The van der Waals surface area contributed by atoms with Crippen molar-refractivity contribution in [1.29, 1.82) is 0 Å². The number of hydrogen-bond acceptors (Lipinski definition) is 8. The van der Waals surface area contributed by atoms with Crippen LogP contribution in [0, 0.1) is 5.82 Å². The first-order valence-corrected chi connectivity index (χ1v) is 10.7. The monoisotopic (exact) mass is 486 g/mol. The first kappa shape index (κ1) is 22.8. The van der Waals surface area contributed by atoms with Crippen molar-refractivity contribution in [3.63, 3.8) is 0 Å². The SMILES string of the molecule is COc1cc2nccc(Oc3ccc(NC(=O)c4nc(-c5ccc(F)cc5)no4)cc3)c2cc1OC. The fourth-order valence-electron chi connectivity index (χ4n) is 3.49. The molecule has 0 fully saturated rings. The van der Waals surface area contributed by atoms with E-state index in [1.54, 1.807) is 62.9 Å². The number of methoxy groups -OCH3 is 2. The maximum atomic E-state index is 13.1. The molecule has 1 N–H and O–H groups in total. The lowest BCUT2D eigenvalue weighted by atomic mass is 10.2. The van der Waals surface area contributed by atoms with Gasteiger partial charge in [0.25, 0.3) is 0 Å². The number of carbonyl (C=O) groups is 1. The minimum Gasteiger partial charge on any atom is -0.493 e. The molecule has 0 saturated carbocycles. The Morgan fingerprint density at radius 2 is 1.64 bits per heavy atom. The van der Waals surface area contributed by atoms with Gasteiger partial charge in [0.05, 0.1) is 19.7 Å². The van der Waals surface area contributed by atoms with E-state index < -0.39 is 5.91 Å². The Morgan fingerprint density at radius 1 is 0.917 bits per heavy atom. The van der Waals surface area contributed by atoms with Gasteiger partial charge >= 0.3 is 11.8 Å². The van der Waals surface area contributed by atoms with Crippen LogP contribution in [0.25, 0.3) is 22.3 Å². The predicted molar refractivity (Wildman–Crippen MR) is 129 cm³/mol. The van der Waals surface area contributed by atoms with Gasteiger partial charge in [-0.15, -0.1) is 0 Å². The van der Waals surface area contributed by atoms with E-state index in [1.165, 1.54) is 24.3 Å². The van der Waals surface area contributed by atoms with Gasteiger partial charge in [0.2, 0.25) is 5.82 Å². The molecular weight excluding hydrogens is 467 g/mol. The van der Waals surface area contributed by atoms with Gasteiger partial charge in [-0.2, -0.15) is 4.98 Å². The molecule has 36 heavy (non-hydrogen) atoms. The molecule has 0 atom stereocenters. The zero-order chi connectivity index (χ0) is 25.1. The number of halogens is 1. The highest BCUT2D eigenvalue weighted by Gasteiger charge is 2.17. The van der Waals surface area contributed by atoms with Gasteiger partial charge in [-0.05, 0) is 60.7 Å². The Labute approximate surface area is 204 Å². The number of aromatic nitrogens is 3. The molecule has 0 aliphatic rings. The zero-order valence-corrected chi connectivity index (χ0v) is 19.2. The average molecular weight is 486 g/mol. The molecule has 0 unspecified atom stereocenters. The van der Waals surface area contributed by atoms with Crippen molar-refractivity contribution in [1.82, 2.24) is 15.1 Å². The molecule has 0 aliphatic heterocycles. The highest BCUT2D eigenvalue weighted by atomic mass is 19.1. The van der Waals surface area contributed by atoms with E-state index >= 15 is 0 Å². The van der Waals surface area contributed by atoms with Crippen molar-refractivity contribution in [2.24, 2.45) is 0 Å². The molecule has 0 bridgehead atoms. The number of benzene rings is 3. The van der Waals surface area contributed by atoms with Crippen LogP contribution in [0.5, 0.6) is 23.0 Å². The normalized spacial score (nSPS) is 10.8. The Hall–Kier alpha value is -4.99. The zero-order valence-electron chi connectivity index (χ0n) is 19.2. The molecule has 0 aliphatic carbocycles. The molecule has 1 amide bonds. The number of carbonyl (C=O) groups excluding carboxylic acids is 1. The van der Waals surface area contributed by atoms with Crippen molar-refractivity contribution in [3.05, 3.63) is 84.6 Å². The van der Waals surface area contributed by atoms with Crippen LogP contribution in [0.15, 0.2) is 77.4 Å². The smallest absolute Gasteiger partial charge is 0.316 e. The minimum absolute atomic E-state index is 0.183. The third-order valence-electron chi connectivity index (χ3n) is 5.27. The number of ether oxygens (including phenoxy) is 3. The Kier molecular flexibility index (Phi) is 6.14. The number of hydrogen-bond donors (Lipinski definition) is 1. The van der Waals surface area contributed by atoms with Crippen molar-refractivity contribution < 1.29 is 27.9 Å². The standard InChI is InChI=1S/C26H19FN4O5/c1-33-22-13-19-20(14-23(22)34-2)28-12-11-21(19)35-18-9-7-17(8-10-18)29-25(32)26-30-24(31-36-26)15-3-5-16(27)6-4-15/h3-14H,1-2H3,(H,29,32). The summed E-state index contributed by atoms with van der Waals surface area (Å²) in [7, 11) is 3.12. The van der Waals surface area contributed by atoms with E-state index in [0.29, 0.717) is 39.8 Å². The van der Waals surface area contributed by atoms with Gasteiger partial charge in [0.1, 0.15) is 17.3 Å². The first-order valence-electron chi connectivity index (χ1n) is 10.7. The second kappa shape index (κ2) is 9.71.